The second-order valence-corrected chi connectivity index (χ2v) is 12.7. The average molecular weight is 608 g/mol. The van der Waals surface area contributed by atoms with Crippen LogP contribution in [0.25, 0.3) is 11.1 Å². The summed E-state index contributed by atoms with van der Waals surface area (Å²) in [6.45, 7) is 5.62. The fourth-order valence-corrected chi connectivity index (χ4v) is 6.72. The molecular formula is C32H37N3O3S3. The molecule has 2 aromatic carbocycles. The Balaban J connectivity index is 0.00000124. The number of thiophene rings is 2. The molecule has 216 valence electrons. The van der Waals surface area contributed by atoms with E-state index < -0.39 is 6.10 Å². The largest absolute Gasteiger partial charge is 0.438 e. The number of thioether (sulfide) groups is 1. The number of hydrogen-bond donors (Lipinski definition) is 2. The van der Waals surface area contributed by atoms with E-state index in [1.807, 2.05) is 54.6 Å². The highest BCUT2D eigenvalue weighted by atomic mass is 32.2. The fourth-order valence-electron chi connectivity index (χ4n) is 4.13. The molecule has 0 saturated heterocycles. The molecule has 1 amide bonds. The van der Waals surface area contributed by atoms with Gasteiger partial charge in [0.15, 0.2) is 5.58 Å². The minimum absolute atomic E-state index is 0.0251. The van der Waals surface area contributed by atoms with Crippen LogP contribution in [0.2, 0.25) is 0 Å². The first-order chi connectivity index (χ1) is 20.1. The predicted octanol–water partition coefficient (Wildman–Crippen LogP) is 7.52. The van der Waals surface area contributed by atoms with Crippen molar-refractivity contribution in [1.82, 2.24) is 15.2 Å². The first-order valence-electron chi connectivity index (χ1n) is 13.8. The van der Waals surface area contributed by atoms with Gasteiger partial charge >= 0.3 is 0 Å². The summed E-state index contributed by atoms with van der Waals surface area (Å²) in [6, 6.07) is 25.6. The molecule has 2 atom stereocenters. The van der Waals surface area contributed by atoms with Crippen molar-refractivity contribution in [3.8, 4) is 0 Å². The maximum atomic E-state index is 13.7. The highest BCUT2D eigenvalue weighted by Crippen LogP contribution is 2.24. The maximum absolute atomic E-state index is 13.7. The summed E-state index contributed by atoms with van der Waals surface area (Å²) in [5, 5.41) is 17.8. The molecular weight excluding hydrogens is 571 g/mol. The van der Waals surface area contributed by atoms with Crippen molar-refractivity contribution in [2.75, 3.05) is 12.3 Å². The summed E-state index contributed by atoms with van der Waals surface area (Å²) in [5.74, 6) is 1.53. The lowest BCUT2D eigenvalue weighted by Gasteiger charge is -2.30. The second kappa shape index (κ2) is 16.5. The van der Waals surface area contributed by atoms with Crippen LogP contribution < -0.4 is 5.32 Å². The second-order valence-electron chi connectivity index (χ2n) is 9.57. The van der Waals surface area contributed by atoms with Crippen molar-refractivity contribution in [3.05, 3.63) is 111 Å². The quantitative estimate of drug-likeness (QED) is 0.144. The Morgan fingerprint density at radius 1 is 0.951 bits per heavy atom. The third kappa shape index (κ3) is 9.55. The van der Waals surface area contributed by atoms with Gasteiger partial charge in [-0.25, -0.2) is 4.98 Å². The van der Waals surface area contributed by atoms with E-state index in [4.69, 9.17) is 4.42 Å². The molecule has 3 heterocycles. The van der Waals surface area contributed by atoms with E-state index in [1.165, 1.54) is 21.7 Å². The van der Waals surface area contributed by atoms with Crippen LogP contribution in [0.5, 0.6) is 0 Å². The van der Waals surface area contributed by atoms with E-state index >= 15 is 0 Å². The lowest BCUT2D eigenvalue weighted by molar-refractivity contribution is -0.126. The van der Waals surface area contributed by atoms with Gasteiger partial charge in [0.05, 0.1) is 12.6 Å². The molecule has 5 aromatic rings. The number of nitrogens with one attached hydrogen (secondary N) is 1. The predicted molar refractivity (Wildman–Crippen MR) is 172 cm³/mol. The lowest BCUT2D eigenvalue weighted by Crippen LogP contribution is -2.48. The molecule has 6 nitrogen and oxygen atoms in total. The number of benzene rings is 2. The Hall–Kier alpha value is -2.95. The Bertz CT molecular complexity index is 1350. The van der Waals surface area contributed by atoms with E-state index in [0.717, 1.165) is 5.75 Å². The van der Waals surface area contributed by atoms with Gasteiger partial charge < -0.3 is 14.8 Å². The Morgan fingerprint density at radius 2 is 1.59 bits per heavy atom. The Labute approximate surface area is 254 Å². The minimum Gasteiger partial charge on any atom is -0.438 e. The van der Waals surface area contributed by atoms with E-state index in [1.54, 1.807) is 34.4 Å². The zero-order valence-corrected chi connectivity index (χ0v) is 25.9. The number of amides is 1. The molecule has 41 heavy (non-hydrogen) atoms. The summed E-state index contributed by atoms with van der Waals surface area (Å²) < 4.78 is 5.70. The molecule has 5 rings (SSSR count). The number of aromatic nitrogens is 1. The average Bonchev–Trinajstić information content (AvgIpc) is 3.77. The minimum atomic E-state index is -1.04. The smallest absolute Gasteiger partial charge is 0.238 e. The van der Waals surface area contributed by atoms with Gasteiger partial charge in [0.25, 0.3) is 0 Å². The van der Waals surface area contributed by atoms with Crippen LogP contribution in [-0.2, 0) is 23.6 Å². The normalized spacial score (nSPS) is 12.6. The van der Waals surface area contributed by atoms with Crippen molar-refractivity contribution < 1.29 is 14.3 Å². The van der Waals surface area contributed by atoms with Gasteiger partial charge in [0.2, 0.25) is 11.8 Å². The topological polar surface area (TPSA) is 78.6 Å². The number of para-hydroxylation sites is 2. The molecule has 2 N–H and O–H groups in total. The third-order valence-corrected chi connectivity index (χ3v) is 8.89. The number of carbonyl (C=O) groups is 1. The Morgan fingerprint density at radius 3 is 2.20 bits per heavy atom. The highest BCUT2D eigenvalue weighted by molar-refractivity contribution is 7.98. The molecule has 0 fully saturated rings. The van der Waals surface area contributed by atoms with Crippen molar-refractivity contribution >= 4 is 51.4 Å². The summed E-state index contributed by atoms with van der Waals surface area (Å²) in [6.07, 6.45) is 0.215. The summed E-state index contributed by atoms with van der Waals surface area (Å²) in [7, 11) is 0. The SMILES string of the molecule is CCC.O=C(NCC(O)c1nc2ccccc2o1)C(CSCc1ccccc1)N(Cc1cccs1)Cc1cccs1. The summed E-state index contributed by atoms with van der Waals surface area (Å²) in [5.41, 5.74) is 2.52. The number of carbonyl (C=O) groups excluding carboxylic acids is 1. The molecule has 0 saturated carbocycles. The number of aliphatic hydroxyl groups is 1. The van der Waals surface area contributed by atoms with E-state index in [9.17, 15) is 9.90 Å². The van der Waals surface area contributed by atoms with Gasteiger partial charge in [-0.15, -0.1) is 22.7 Å². The zero-order valence-electron chi connectivity index (χ0n) is 23.4. The van der Waals surface area contributed by atoms with Crippen molar-refractivity contribution in [2.24, 2.45) is 0 Å². The number of rotatable bonds is 13. The maximum Gasteiger partial charge on any atom is 0.238 e. The highest BCUT2D eigenvalue weighted by Gasteiger charge is 2.28. The van der Waals surface area contributed by atoms with Crippen molar-refractivity contribution in [1.29, 1.82) is 0 Å². The van der Waals surface area contributed by atoms with Gasteiger partial charge in [0.1, 0.15) is 11.6 Å². The first-order valence-corrected chi connectivity index (χ1v) is 16.7. The molecule has 0 radical (unpaired) electrons. The molecule has 0 aliphatic carbocycles. The molecule has 2 unspecified atom stereocenters. The fraction of sp³-hybridized carbons (Fsp3) is 0.312. The number of aliphatic hydroxyl groups excluding tert-OH is 1. The molecule has 3 aromatic heterocycles. The van der Waals surface area contributed by atoms with Gasteiger partial charge in [0, 0.05) is 34.3 Å². The molecule has 0 spiro atoms. The third-order valence-electron chi connectivity index (χ3n) is 6.07. The van der Waals surface area contributed by atoms with Gasteiger partial charge in [-0.3, -0.25) is 9.69 Å². The molecule has 9 heteroatoms. The first kappa shape index (κ1) is 31.0. The van der Waals surface area contributed by atoms with Gasteiger partial charge in [-0.05, 0) is 40.6 Å². The monoisotopic (exact) mass is 607 g/mol. The van der Waals surface area contributed by atoms with Crippen LogP contribution in [0, 0.1) is 0 Å². The molecule has 0 bridgehead atoms. The Kier molecular flexibility index (Phi) is 12.5. The number of hydrogen-bond acceptors (Lipinski definition) is 8. The van der Waals surface area contributed by atoms with Crippen LogP contribution in [0.15, 0.2) is 94.0 Å². The standard InChI is InChI=1S/C29H29N3O3S3.C3H8/c33-26(29-31-24-12-4-5-13-27(24)35-29)16-30-28(34)25(20-36-19-21-8-2-1-3-9-21)32(17-22-10-6-14-37-22)18-23-11-7-15-38-23;1-3-2/h1-15,25-26,33H,16-20H2,(H,30,34);3H2,1-2H3. The van der Waals surface area contributed by atoms with Crippen LogP contribution in [-0.4, -0.2) is 39.2 Å². The van der Waals surface area contributed by atoms with E-state index in [2.05, 4.69) is 64.1 Å². The summed E-state index contributed by atoms with van der Waals surface area (Å²) in [4.78, 5) is 22.7. The number of oxazole rings is 1. The van der Waals surface area contributed by atoms with Crippen LogP contribution in [0.3, 0.4) is 0 Å². The lowest BCUT2D eigenvalue weighted by atomic mass is 10.2. The van der Waals surface area contributed by atoms with Gasteiger partial charge in [-0.1, -0.05) is 74.9 Å². The van der Waals surface area contributed by atoms with Crippen LogP contribution in [0.4, 0.5) is 0 Å². The van der Waals surface area contributed by atoms with Crippen molar-refractivity contribution in [2.45, 2.75) is 51.3 Å². The molecule has 0 aliphatic heterocycles. The summed E-state index contributed by atoms with van der Waals surface area (Å²) >= 11 is 5.13. The van der Waals surface area contributed by atoms with Crippen LogP contribution >= 0.6 is 34.4 Å². The molecule has 0 aliphatic rings. The number of nitrogens with zero attached hydrogens (tertiary/aromatic N) is 2. The van der Waals surface area contributed by atoms with Crippen LogP contribution in [0.1, 0.15) is 47.6 Å². The van der Waals surface area contributed by atoms with E-state index in [-0.39, 0.29) is 24.4 Å². The number of fused-ring (bicyclic) bond motifs is 1. The van der Waals surface area contributed by atoms with E-state index in [0.29, 0.717) is 29.9 Å². The van der Waals surface area contributed by atoms with Crippen molar-refractivity contribution in [3.63, 3.8) is 0 Å². The van der Waals surface area contributed by atoms with Gasteiger partial charge in [-0.2, -0.15) is 11.8 Å². The zero-order chi connectivity index (χ0) is 28.9.